The van der Waals surface area contributed by atoms with Crippen LogP contribution in [0.1, 0.15) is 124 Å². The van der Waals surface area contributed by atoms with Gasteiger partial charge in [-0.15, -0.1) is 5.10 Å². The summed E-state index contributed by atoms with van der Waals surface area (Å²) in [6.45, 7) is 23.5. The number of primary amides is 1. The van der Waals surface area contributed by atoms with Crippen LogP contribution in [0.2, 0.25) is 0 Å². The Hall–Kier alpha value is -2.50. The molecule has 4 aliphatic carbocycles. The number of nitrogens with two attached hydrogens (primary N) is 3. The minimum atomic E-state index is -0.688. The normalized spacial score (nSPS) is 42.9. The van der Waals surface area contributed by atoms with E-state index in [9.17, 15) is 14.7 Å². The summed E-state index contributed by atoms with van der Waals surface area (Å²) in [5.41, 5.74) is 17.9. The Morgan fingerprint density at radius 2 is 1.78 bits per heavy atom. The number of hydrogen-bond donors (Lipinski definition) is 4. The van der Waals surface area contributed by atoms with Crippen LogP contribution in [-0.4, -0.2) is 63.2 Å². The molecular weight excluding hydrogens is 632 g/mol. The summed E-state index contributed by atoms with van der Waals surface area (Å²) >= 11 is 0. The van der Waals surface area contributed by atoms with Crippen LogP contribution in [0.15, 0.2) is 11.6 Å². The summed E-state index contributed by atoms with van der Waals surface area (Å²) in [7, 11) is 0. The maximum Gasteiger partial charge on any atom is 0.307 e. The molecule has 7 N–H and O–H groups in total. The topological polar surface area (TPSA) is 182 Å². The van der Waals surface area contributed by atoms with Crippen LogP contribution < -0.4 is 17.2 Å². The molecule has 4 fully saturated rings. The molecule has 5 aliphatic rings. The third-order valence-corrected chi connectivity index (χ3v) is 16.2. The maximum absolute atomic E-state index is 13.5. The highest BCUT2D eigenvalue weighted by atomic mass is 16.5. The molecule has 3 saturated carbocycles. The lowest BCUT2D eigenvalue weighted by Gasteiger charge is -2.71. The lowest BCUT2D eigenvalue weighted by atomic mass is 9.34. The predicted molar refractivity (Wildman–Crippen MR) is 193 cm³/mol. The van der Waals surface area contributed by atoms with Gasteiger partial charge < -0.3 is 31.8 Å². The molecule has 2 heterocycles. The van der Waals surface area contributed by atoms with Crippen molar-refractivity contribution < 1.29 is 24.2 Å². The van der Waals surface area contributed by atoms with E-state index in [4.69, 9.17) is 26.7 Å². The van der Waals surface area contributed by atoms with Gasteiger partial charge in [-0.25, -0.2) is 4.68 Å². The molecule has 0 spiro atoms. The van der Waals surface area contributed by atoms with Gasteiger partial charge >= 0.3 is 5.97 Å². The van der Waals surface area contributed by atoms with Crippen molar-refractivity contribution in [1.29, 1.82) is 0 Å². The van der Waals surface area contributed by atoms with E-state index in [-0.39, 0.29) is 51.7 Å². The molecule has 12 atom stereocenters. The predicted octanol–water partition coefficient (Wildman–Crippen LogP) is 5.85. The second kappa shape index (κ2) is 12.0. The zero-order valence-corrected chi connectivity index (χ0v) is 32.2. The Morgan fingerprint density at radius 1 is 1.10 bits per heavy atom. The fraction of sp³-hybridized carbons (Fsp3) is 0.846. The molecular formula is C39H64N6O5. The molecule has 0 aromatic carbocycles. The highest BCUT2D eigenvalue weighted by molar-refractivity contribution is 5.89. The molecule has 0 radical (unpaired) electrons. The Balaban J connectivity index is 1.49. The Bertz CT molecular complexity index is 1550. The van der Waals surface area contributed by atoms with Gasteiger partial charge in [-0.05, 0) is 91.3 Å². The standard InChI is InChI=1S/C39H64N6O5/c1-21(2)23(5)34(6)15-16-36(8)24-11-12-27-35(7)18-49-20-39(27,25(24)13-14-37(36,9)28(34)32(47)48)17-26(29(35)50-19-38(10,42)22(3)4)45-31(30(40)46)43-33(41)44-45/h13,21-24,26-29H,11-12,14-20,42H2,1-10H3,(H2,40,46)(H2,41,44)(H,47,48)/t23-,24+,26-,27+,28-,29+,34-,35?,36-,37+,38+,39+/m1/s1. The van der Waals surface area contributed by atoms with Crippen molar-refractivity contribution in [2.45, 2.75) is 125 Å². The molecule has 1 unspecified atom stereocenters. The van der Waals surface area contributed by atoms with Crippen molar-refractivity contribution in [2.24, 2.45) is 74.0 Å². The summed E-state index contributed by atoms with van der Waals surface area (Å²) in [6.07, 6.45) is 7.17. The minimum absolute atomic E-state index is 0.00291. The maximum atomic E-state index is 13.5. The molecule has 11 nitrogen and oxygen atoms in total. The molecule has 1 aliphatic heterocycles. The van der Waals surface area contributed by atoms with Gasteiger partial charge in [0.25, 0.3) is 5.91 Å². The molecule has 50 heavy (non-hydrogen) atoms. The fourth-order valence-corrected chi connectivity index (χ4v) is 12.3. The monoisotopic (exact) mass is 696 g/mol. The molecule has 1 saturated heterocycles. The van der Waals surface area contributed by atoms with Crippen molar-refractivity contribution >= 4 is 17.8 Å². The Morgan fingerprint density at radius 3 is 2.38 bits per heavy atom. The van der Waals surface area contributed by atoms with E-state index in [1.807, 2.05) is 6.92 Å². The van der Waals surface area contributed by atoms with E-state index in [1.165, 1.54) is 5.57 Å². The first kappa shape index (κ1) is 37.3. The van der Waals surface area contributed by atoms with Gasteiger partial charge in [-0.1, -0.05) is 74.0 Å². The van der Waals surface area contributed by atoms with Gasteiger partial charge in [-0.3, -0.25) is 9.59 Å². The number of allylic oxidation sites excluding steroid dienone is 1. The number of amides is 1. The van der Waals surface area contributed by atoms with Gasteiger partial charge in [0.2, 0.25) is 11.8 Å². The highest BCUT2D eigenvalue weighted by Gasteiger charge is 2.72. The lowest BCUT2D eigenvalue weighted by Crippen LogP contribution is -2.69. The number of carbonyl (C=O) groups is 2. The first-order valence-corrected chi connectivity index (χ1v) is 19.0. The van der Waals surface area contributed by atoms with Crippen molar-refractivity contribution in [3.8, 4) is 0 Å². The Kier molecular flexibility index (Phi) is 8.96. The number of ether oxygens (including phenoxy) is 2. The number of carboxylic acids is 1. The second-order valence-electron chi connectivity index (χ2n) is 19.1. The third-order valence-electron chi connectivity index (χ3n) is 16.2. The van der Waals surface area contributed by atoms with Gasteiger partial charge in [0.05, 0.1) is 37.9 Å². The van der Waals surface area contributed by atoms with Crippen LogP contribution in [-0.2, 0) is 14.3 Å². The number of nitrogens with zero attached hydrogens (tertiary/aromatic N) is 3. The van der Waals surface area contributed by atoms with E-state index >= 15 is 0 Å². The number of rotatable bonds is 9. The summed E-state index contributed by atoms with van der Waals surface area (Å²) in [5.74, 6) is -0.519. The van der Waals surface area contributed by atoms with Crippen molar-refractivity contribution in [1.82, 2.24) is 14.8 Å². The van der Waals surface area contributed by atoms with E-state index in [1.54, 1.807) is 4.68 Å². The van der Waals surface area contributed by atoms with Crippen LogP contribution in [0.25, 0.3) is 0 Å². The van der Waals surface area contributed by atoms with Crippen LogP contribution in [0.5, 0.6) is 0 Å². The fourth-order valence-electron chi connectivity index (χ4n) is 12.3. The van der Waals surface area contributed by atoms with Crippen LogP contribution in [0.3, 0.4) is 0 Å². The lowest BCUT2D eigenvalue weighted by molar-refractivity contribution is -0.252. The van der Waals surface area contributed by atoms with Gasteiger partial charge in [0.15, 0.2) is 0 Å². The summed E-state index contributed by atoms with van der Waals surface area (Å²) < 4.78 is 15.2. The Labute approximate surface area is 298 Å². The molecule has 1 amide bonds. The number of hydrogen-bond acceptors (Lipinski definition) is 8. The smallest absolute Gasteiger partial charge is 0.307 e. The minimum Gasteiger partial charge on any atom is -0.481 e. The number of aromatic nitrogens is 3. The number of carbonyl (C=O) groups excluding carboxylic acids is 1. The van der Waals surface area contributed by atoms with Gasteiger partial charge in [0, 0.05) is 16.4 Å². The zero-order chi connectivity index (χ0) is 37.0. The number of fused-ring (bicyclic) bond motifs is 3. The molecule has 280 valence electrons. The third kappa shape index (κ3) is 5.06. The number of nitrogen functional groups attached to an aromatic ring is 1. The van der Waals surface area contributed by atoms with Gasteiger partial charge in [-0.2, -0.15) is 4.98 Å². The molecule has 1 aromatic heterocycles. The van der Waals surface area contributed by atoms with E-state index in [0.717, 1.165) is 25.7 Å². The quantitative estimate of drug-likeness (QED) is 0.230. The van der Waals surface area contributed by atoms with E-state index < -0.39 is 46.3 Å². The number of carboxylic acid groups (broad SMARTS) is 1. The highest BCUT2D eigenvalue weighted by Crippen LogP contribution is 2.75. The zero-order valence-electron chi connectivity index (χ0n) is 32.2. The van der Waals surface area contributed by atoms with Crippen molar-refractivity contribution in [3.05, 3.63) is 17.5 Å². The first-order chi connectivity index (χ1) is 23.1. The SMILES string of the molecule is CC(C)[C@@H](C)[C@@]1(C)CC[C@]2(C)[C@H]3CC[C@H]4C5(C)COC[C@@]4(C[C@@H](n4nc(N)nc4C(N)=O)[C@@H]5OC[C@](C)(N)C(C)C)C3=CC[C@@]2(C)[C@@H]1C(=O)O. The second-order valence-corrected chi connectivity index (χ2v) is 19.1. The van der Waals surface area contributed by atoms with E-state index in [0.29, 0.717) is 38.6 Å². The van der Waals surface area contributed by atoms with Crippen molar-refractivity contribution in [2.75, 3.05) is 25.6 Å². The average Bonchev–Trinajstić information content (AvgIpc) is 3.41. The largest absolute Gasteiger partial charge is 0.481 e. The molecule has 1 aromatic rings. The van der Waals surface area contributed by atoms with Gasteiger partial charge in [0.1, 0.15) is 0 Å². The molecule has 2 bridgehead atoms. The van der Waals surface area contributed by atoms with Crippen molar-refractivity contribution in [3.63, 3.8) is 0 Å². The number of anilines is 1. The van der Waals surface area contributed by atoms with Crippen LogP contribution in [0, 0.1) is 62.6 Å². The average molecular weight is 697 g/mol. The van der Waals surface area contributed by atoms with Crippen LogP contribution >= 0.6 is 0 Å². The first-order valence-electron chi connectivity index (χ1n) is 19.0. The summed E-state index contributed by atoms with van der Waals surface area (Å²) in [5, 5.41) is 15.7. The van der Waals surface area contributed by atoms with E-state index in [2.05, 4.69) is 78.5 Å². The summed E-state index contributed by atoms with van der Waals surface area (Å²) in [4.78, 5) is 30.5. The number of aliphatic carboxylic acids is 1. The summed E-state index contributed by atoms with van der Waals surface area (Å²) in [6, 6.07) is -0.399. The van der Waals surface area contributed by atoms with Crippen LogP contribution in [0.4, 0.5) is 5.95 Å². The molecule has 11 heteroatoms. The molecule has 6 rings (SSSR count).